The van der Waals surface area contributed by atoms with Gasteiger partial charge in [-0.2, -0.15) is 0 Å². The van der Waals surface area contributed by atoms with Crippen LogP contribution in [0.2, 0.25) is 0 Å². The summed E-state index contributed by atoms with van der Waals surface area (Å²) in [5.41, 5.74) is 3.06. The van der Waals surface area contributed by atoms with Gasteiger partial charge >= 0.3 is 11.8 Å². The lowest BCUT2D eigenvalue weighted by Gasteiger charge is -2.13. The van der Waals surface area contributed by atoms with Gasteiger partial charge in [0.2, 0.25) is 0 Å². The number of carbonyl (C=O) groups excluding carboxylic acids is 2. The first-order valence-electron chi connectivity index (χ1n) is 7.02. The zero-order valence-corrected chi connectivity index (χ0v) is 14.8. The molecule has 5 nitrogen and oxygen atoms in total. The van der Waals surface area contributed by atoms with Crippen molar-refractivity contribution < 1.29 is 9.59 Å². The molecule has 2 N–H and O–H groups in total. The maximum absolute atomic E-state index is 12.0. The molecule has 0 bridgehead atoms. The number of nitrogens with zero attached hydrogens (tertiary/aromatic N) is 1. The van der Waals surface area contributed by atoms with Crippen LogP contribution in [0.4, 0.5) is 17.1 Å². The third-order valence-corrected chi connectivity index (χ3v) is 3.78. The SMILES string of the molecule is Cc1cc(Br)ccc1NC(=O)C(=O)Nc1ccc(N(C)C)cc1. The second-order valence-electron chi connectivity index (χ2n) is 5.31. The zero-order valence-electron chi connectivity index (χ0n) is 13.2. The van der Waals surface area contributed by atoms with Crippen molar-refractivity contribution in [3.05, 3.63) is 52.5 Å². The summed E-state index contributed by atoms with van der Waals surface area (Å²) < 4.78 is 0.915. The number of nitrogens with one attached hydrogen (secondary N) is 2. The topological polar surface area (TPSA) is 61.4 Å². The van der Waals surface area contributed by atoms with E-state index in [0.717, 1.165) is 15.7 Å². The molecule has 2 aromatic carbocycles. The molecule has 120 valence electrons. The van der Waals surface area contributed by atoms with Crippen LogP contribution < -0.4 is 15.5 Å². The van der Waals surface area contributed by atoms with Gasteiger partial charge < -0.3 is 15.5 Å². The van der Waals surface area contributed by atoms with Crippen LogP contribution in [0, 0.1) is 6.92 Å². The van der Waals surface area contributed by atoms with Crippen molar-refractivity contribution in [2.24, 2.45) is 0 Å². The highest BCUT2D eigenvalue weighted by atomic mass is 79.9. The standard InChI is InChI=1S/C17H18BrN3O2/c1-11-10-12(18)4-9-15(11)20-17(23)16(22)19-13-5-7-14(8-6-13)21(2)3/h4-10H,1-3H3,(H,19,22)(H,20,23). The van der Waals surface area contributed by atoms with Crippen LogP contribution in [-0.2, 0) is 9.59 Å². The number of halogens is 1. The first kappa shape index (κ1) is 17.0. The summed E-state index contributed by atoms with van der Waals surface area (Å²) in [6.45, 7) is 1.86. The van der Waals surface area contributed by atoms with Crippen LogP contribution in [0.5, 0.6) is 0 Å². The predicted molar refractivity (Wildman–Crippen MR) is 96.9 cm³/mol. The lowest BCUT2D eigenvalue weighted by Crippen LogP contribution is -2.29. The van der Waals surface area contributed by atoms with Crippen molar-refractivity contribution >= 4 is 44.8 Å². The number of carbonyl (C=O) groups is 2. The monoisotopic (exact) mass is 375 g/mol. The van der Waals surface area contributed by atoms with E-state index in [4.69, 9.17) is 0 Å². The summed E-state index contributed by atoms with van der Waals surface area (Å²) in [7, 11) is 3.86. The number of benzene rings is 2. The third kappa shape index (κ3) is 4.56. The first-order chi connectivity index (χ1) is 10.9. The molecule has 0 aliphatic carbocycles. The number of rotatable bonds is 3. The average molecular weight is 376 g/mol. The van der Waals surface area contributed by atoms with Gasteiger partial charge in [-0.25, -0.2) is 0 Å². The van der Waals surface area contributed by atoms with Crippen LogP contribution in [0.1, 0.15) is 5.56 Å². The maximum atomic E-state index is 12.0. The second-order valence-corrected chi connectivity index (χ2v) is 6.22. The van der Waals surface area contributed by atoms with Crippen LogP contribution in [-0.4, -0.2) is 25.9 Å². The number of hydrogen-bond donors (Lipinski definition) is 2. The van der Waals surface area contributed by atoms with Crippen LogP contribution >= 0.6 is 15.9 Å². The van der Waals surface area contributed by atoms with Gasteiger partial charge in [-0.3, -0.25) is 9.59 Å². The highest BCUT2D eigenvalue weighted by molar-refractivity contribution is 9.10. The van der Waals surface area contributed by atoms with Crippen molar-refractivity contribution in [1.29, 1.82) is 0 Å². The van der Waals surface area contributed by atoms with Gasteiger partial charge in [-0.15, -0.1) is 0 Å². The Balaban J connectivity index is 2.01. The van der Waals surface area contributed by atoms with E-state index in [-0.39, 0.29) is 0 Å². The summed E-state index contributed by atoms with van der Waals surface area (Å²) in [5.74, 6) is -1.41. The molecule has 2 aromatic rings. The van der Waals surface area contributed by atoms with E-state index in [1.165, 1.54) is 0 Å². The minimum atomic E-state index is -0.704. The summed E-state index contributed by atoms with van der Waals surface area (Å²) in [4.78, 5) is 25.9. The van der Waals surface area contributed by atoms with E-state index in [0.29, 0.717) is 11.4 Å². The lowest BCUT2D eigenvalue weighted by atomic mass is 10.2. The minimum absolute atomic E-state index is 0.572. The number of amides is 2. The molecule has 2 amide bonds. The van der Waals surface area contributed by atoms with Crippen molar-refractivity contribution in [3.8, 4) is 0 Å². The maximum Gasteiger partial charge on any atom is 0.314 e. The normalized spacial score (nSPS) is 10.1. The molecular formula is C17H18BrN3O2. The minimum Gasteiger partial charge on any atom is -0.378 e. The van der Waals surface area contributed by atoms with Gasteiger partial charge in [0.15, 0.2) is 0 Å². The van der Waals surface area contributed by atoms with E-state index >= 15 is 0 Å². The van der Waals surface area contributed by atoms with E-state index < -0.39 is 11.8 Å². The fraction of sp³-hybridized carbons (Fsp3) is 0.176. The van der Waals surface area contributed by atoms with Gasteiger partial charge in [0.05, 0.1) is 0 Å². The molecular weight excluding hydrogens is 358 g/mol. The van der Waals surface area contributed by atoms with E-state index in [9.17, 15) is 9.59 Å². The Kier molecular flexibility index (Phi) is 5.39. The summed E-state index contributed by atoms with van der Waals surface area (Å²) in [5, 5.41) is 5.19. The van der Waals surface area contributed by atoms with Crippen LogP contribution in [0.3, 0.4) is 0 Å². The van der Waals surface area contributed by atoms with Gasteiger partial charge in [0.1, 0.15) is 0 Å². The molecule has 0 aromatic heterocycles. The van der Waals surface area contributed by atoms with E-state index in [2.05, 4.69) is 26.6 Å². The third-order valence-electron chi connectivity index (χ3n) is 3.28. The highest BCUT2D eigenvalue weighted by Gasteiger charge is 2.15. The molecule has 2 rings (SSSR count). The number of anilines is 3. The molecule has 0 fully saturated rings. The molecule has 23 heavy (non-hydrogen) atoms. The van der Waals surface area contributed by atoms with Crippen LogP contribution in [0.15, 0.2) is 46.9 Å². The quantitative estimate of drug-likeness (QED) is 0.808. The van der Waals surface area contributed by atoms with Crippen molar-refractivity contribution in [1.82, 2.24) is 0 Å². The first-order valence-corrected chi connectivity index (χ1v) is 7.82. The average Bonchev–Trinajstić information content (AvgIpc) is 2.50. The molecule has 0 saturated heterocycles. The predicted octanol–water partition coefficient (Wildman–Crippen LogP) is 3.40. The van der Waals surface area contributed by atoms with Crippen molar-refractivity contribution in [2.75, 3.05) is 29.6 Å². The van der Waals surface area contributed by atoms with E-state index in [1.54, 1.807) is 24.3 Å². The van der Waals surface area contributed by atoms with Gasteiger partial charge in [0.25, 0.3) is 0 Å². The molecule has 6 heteroatoms. The number of hydrogen-bond acceptors (Lipinski definition) is 3. The largest absolute Gasteiger partial charge is 0.378 e. The summed E-state index contributed by atoms with van der Waals surface area (Å²) >= 11 is 3.36. The second kappa shape index (κ2) is 7.28. The Morgan fingerprint density at radius 1 is 0.957 bits per heavy atom. The smallest absolute Gasteiger partial charge is 0.314 e. The van der Waals surface area contributed by atoms with Gasteiger partial charge in [-0.05, 0) is 55.0 Å². The Morgan fingerprint density at radius 2 is 1.57 bits per heavy atom. The van der Waals surface area contributed by atoms with Crippen LogP contribution in [0.25, 0.3) is 0 Å². The molecule has 0 radical (unpaired) electrons. The highest BCUT2D eigenvalue weighted by Crippen LogP contribution is 2.20. The Hall–Kier alpha value is -2.34. The molecule has 0 spiro atoms. The van der Waals surface area contributed by atoms with E-state index in [1.807, 2.05) is 44.1 Å². The summed E-state index contributed by atoms with van der Waals surface area (Å²) in [6.07, 6.45) is 0. The van der Waals surface area contributed by atoms with Crippen molar-refractivity contribution in [3.63, 3.8) is 0 Å². The molecule has 0 aliphatic rings. The Labute approximate surface area is 143 Å². The fourth-order valence-corrected chi connectivity index (χ4v) is 2.45. The molecule has 0 aliphatic heterocycles. The molecule has 0 atom stereocenters. The zero-order chi connectivity index (χ0) is 17.0. The Bertz CT molecular complexity index is 727. The van der Waals surface area contributed by atoms with Gasteiger partial charge in [0, 0.05) is 35.6 Å². The van der Waals surface area contributed by atoms with Gasteiger partial charge in [-0.1, -0.05) is 15.9 Å². The lowest BCUT2D eigenvalue weighted by molar-refractivity contribution is -0.133. The Morgan fingerprint density at radius 3 is 2.13 bits per heavy atom. The molecule has 0 heterocycles. The summed E-state index contributed by atoms with van der Waals surface area (Å²) in [6, 6.07) is 12.7. The molecule has 0 unspecified atom stereocenters. The number of aryl methyl sites for hydroxylation is 1. The molecule has 0 saturated carbocycles. The fourth-order valence-electron chi connectivity index (χ4n) is 1.98. The van der Waals surface area contributed by atoms with Crippen molar-refractivity contribution in [2.45, 2.75) is 6.92 Å².